The zero-order valence-electron chi connectivity index (χ0n) is 21.9. The summed E-state index contributed by atoms with van der Waals surface area (Å²) in [5.41, 5.74) is 0. The summed E-state index contributed by atoms with van der Waals surface area (Å²) in [6, 6.07) is -3.02. The van der Waals surface area contributed by atoms with E-state index in [1.165, 1.54) is 0 Å². The van der Waals surface area contributed by atoms with Crippen LogP contribution in [0.5, 0.6) is 0 Å². The highest BCUT2D eigenvalue weighted by molar-refractivity contribution is 5.74. The van der Waals surface area contributed by atoms with E-state index in [9.17, 15) is 60.3 Å². The molecule has 2 amide bonds. The fourth-order valence-electron chi connectivity index (χ4n) is 4.83. The summed E-state index contributed by atoms with van der Waals surface area (Å²) in [6.07, 6.45) is -23.7. The molecule has 236 valence electrons. The lowest BCUT2D eigenvalue weighted by atomic mass is 9.94. The molecule has 0 aromatic rings. The van der Waals surface area contributed by atoms with Crippen molar-refractivity contribution in [3.05, 3.63) is 0 Å². The lowest BCUT2D eigenvalue weighted by Gasteiger charge is -2.48. The Morgan fingerprint density at radius 2 is 1.20 bits per heavy atom. The molecular formula is C22H36N2O17. The molecule has 3 aliphatic rings. The van der Waals surface area contributed by atoms with Crippen molar-refractivity contribution in [2.45, 2.75) is 106 Å². The molecule has 0 spiro atoms. The van der Waals surface area contributed by atoms with Crippen molar-refractivity contribution in [2.24, 2.45) is 0 Å². The molecule has 3 saturated heterocycles. The van der Waals surface area contributed by atoms with E-state index < -0.39 is 123 Å². The Morgan fingerprint density at radius 3 is 1.73 bits per heavy atom. The number of nitrogens with one attached hydrogen (secondary N) is 2. The van der Waals surface area contributed by atoms with Crippen LogP contribution in [0.1, 0.15) is 13.8 Å². The second-order valence-electron chi connectivity index (χ2n) is 9.84. The molecule has 11 N–H and O–H groups in total. The number of aliphatic hydroxyl groups is 8. The maximum absolute atomic E-state index is 12.1. The van der Waals surface area contributed by atoms with Gasteiger partial charge in [-0.1, -0.05) is 0 Å². The molecule has 15 atom stereocenters. The van der Waals surface area contributed by atoms with Crippen LogP contribution >= 0.6 is 0 Å². The summed E-state index contributed by atoms with van der Waals surface area (Å²) in [4.78, 5) is 35.5. The highest BCUT2D eigenvalue weighted by Crippen LogP contribution is 2.32. The Balaban J connectivity index is 1.86. The quantitative estimate of drug-likeness (QED) is 0.117. The number of carbonyl (C=O) groups excluding carboxylic acids is 2. The molecule has 0 aliphatic carbocycles. The predicted octanol–water partition coefficient (Wildman–Crippen LogP) is -7.19. The van der Waals surface area contributed by atoms with Crippen LogP contribution in [0.2, 0.25) is 0 Å². The van der Waals surface area contributed by atoms with Crippen molar-refractivity contribution >= 4 is 17.8 Å². The average molecular weight is 601 g/mol. The van der Waals surface area contributed by atoms with Gasteiger partial charge in [-0.05, 0) is 0 Å². The van der Waals surface area contributed by atoms with E-state index in [4.69, 9.17) is 23.7 Å². The van der Waals surface area contributed by atoms with Gasteiger partial charge in [-0.3, -0.25) is 9.59 Å². The topological polar surface area (TPSA) is 303 Å². The van der Waals surface area contributed by atoms with Gasteiger partial charge in [-0.15, -0.1) is 0 Å². The molecule has 0 aromatic heterocycles. The molecule has 0 aromatic carbocycles. The van der Waals surface area contributed by atoms with E-state index >= 15 is 0 Å². The van der Waals surface area contributed by atoms with Gasteiger partial charge in [0.05, 0.1) is 13.2 Å². The van der Waals surface area contributed by atoms with Crippen LogP contribution in [-0.2, 0) is 38.1 Å². The smallest absolute Gasteiger partial charge is 0.335 e. The number of aliphatic hydroxyl groups excluding tert-OH is 8. The van der Waals surface area contributed by atoms with Crippen LogP contribution in [0, 0.1) is 0 Å². The highest BCUT2D eigenvalue weighted by Gasteiger charge is 2.55. The molecule has 3 rings (SSSR count). The number of carboxylic acid groups (broad SMARTS) is 1. The first-order chi connectivity index (χ1) is 19.2. The number of carboxylic acids is 1. The molecule has 1 unspecified atom stereocenters. The maximum atomic E-state index is 12.1. The first kappa shape index (κ1) is 33.4. The summed E-state index contributed by atoms with van der Waals surface area (Å²) < 4.78 is 26.9. The minimum Gasteiger partial charge on any atom is -0.479 e. The van der Waals surface area contributed by atoms with Gasteiger partial charge in [0, 0.05) is 13.8 Å². The van der Waals surface area contributed by atoms with Gasteiger partial charge in [0.15, 0.2) is 25.0 Å². The third kappa shape index (κ3) is 7.28. The molecular weight excluding hydrogens is 564 g/mol. The lowest BCUT2D eigenvalue weighted by molar-refractivity contribution is -0.359. The number of hydrogen-bond acceptors (Lipinski definition) is 16. The normalized spacial score (nSPS) is 45.1. The van der Waals surface area contributed by atoms with E-state index in [1.807, 2.05) is 0 Å². The highest BCUT2D eigenvalue weighted by atomic mass is 16.7. The minimum absolute atomic E-state index is 0.697. The lowest BCUT2D eigenvalue weighted by Crippen LogP contribution is -2.69. The van der Waals surface area contributed by atoms with Gasteiger partial charge in [0.25, 0.3) is 0 Å². The molecule has 41 heavy (non-hydrogen) atoms. The molecule has 19 nitrogen and oxygen atoms in total. The van der Waals surface area contributed by atoms with Crippen LogP contribution in [0.15, 0.2) is 0 Å². The third-order valence-electron chi connectivity index (χ3n) is 6.86. The Morgan fingerprint density at radius 1 is 0.659 bits per heavy atom. The number of rotatable bonds is 9. The van der Waals surface area contributed by atoms with Crippen LogP contribution in [0.3, 0.4) is 0 Å². The fourth-order valence-corrected chi connectivity index (χ4v) is 4.83. The SMILES string of the molecule is CC(=O)N[C@H]1[C@H](O[C@H]2[C@H](O)[C@@H](O)[C@H](O[C@H]3[C@@H](O)[C@@H](CO)OC(O)[C@@H]3NC(C)=O)O[C@@H]2C(=O)O)O[C@H](CO)[C@H](O)[C@@H]1O. The van der Waals surface area contributed by atoms with Crippen molar-refractivity contribution in [1.82, 2.24) is 10.6 Å². The first-order valence-corrected chi connectivity index (χ1v) is 12.6. The van der Waals surface area contributed by atoms with Crippen molar-refractivity contribution in [3.8, 4) is 0 Å². The number of carbonyl (C=O) groups is 3. The Hall–Kier alpha value is -2.11. The molecule has 0 radical (unpaired) electrons. The van der Waals surface area contributed by atoms with Crippen LogP contribution in [0.4, 0.5) is 0 Å². The number of amides is 2. The second kappa shape index (κ2) is 13.9. The van der Waals surface area contributed by atoms with Gasteiger partial charge < -0.3 is 80.3 Å². The van der Waals surface area contributed by atoms with E-state index in [2.05, 4.69) is 10.6 Å². The molecule has 3 aliphatic heterocycles. The monoisotopic (exact) mass is 600 g/mol. The Labute approximate surface area is 232 Å². The van der Waals surface area contributed by atoms with E-state index in [0.717, 1.165) is 13.8 Å². The molecule has 0 bridgehead atoms. The Bertz CT molecular complexity index is 927. The summed E-state index contributed by atoms with van der Waals surface area (Å²) in [6.45, 7) is 0.516. The summed E-state index contributed by atoms with van der Waals surface area (Å²) in [5.74, 6) is -3.16. The number of aliphatic carboxylic acids is 1. The standard InChI is InChI=1S/C22H36N2O17/c1-5(27)23-9-13(31)11(29)7(3-25)38-21(9)40-17-14(32)15(33)22(41-18(17)19(34)35)39-16-10(24-6(2)28)20(36)37-8(4-26)12(16)30/h7-18,20-22,25-26,29-33,36H,3-4H2,1-2H3,(H,23,27)(H,24,28)(H,34,35)/t7-,8-,9-,10-,11+,12+,13-,14-,15-,16-,17+,18+,20?,21+,22-/m1/s1. The summed E-state index contributed by atoms with van der Waals surface area (Å²) in [5, 5.41) is 96.5. The Kier molecular flexibility index (Phi) is 11.3. The zero-order valence-corrected chi connectivity index (χ0v) is 21.9. The van der Waals surface area contributed by atoms with Gasteiger partial charge >= 0.3 is 5.97 Å². The number of hydrogen-bond donors (Lipinski definition) is 11. The third-order valence-corrected chi connectivity index (χ3v) is 6.86. The van der Waals surface area contributed by atoms with E-state index in [1.54, 1.807) is 0 Å². The zero-order chi connectivity index (χ0) is 30.8. The first-order valence-electron chi connectivity index (χ1n) is 12.6. The maximum Gasteiger partial charge on any atom is 0.335 e. The summed E-state index contributed by atoms with van der Waals surface area (Å²) >= 11 is 0. The van der Waals surface area contributed by atoms with E-state index in [0.29, 0.717) is 0 Å². The van der Waals surface area contributed by atoms with Gasteiger partial charge in [0.2, 0.25) is 11.8 Å². The van der Waals surface area contributed by atoms with Crippen LogP contribution < -0.4 is 10.6 Å². The van der Waals surface area contributed by atoms with Crippen LogP contribution in [0.25, 0.3) is 0 Å². The molecule has 3 fully saturated rings. The largest absolute Gasteiger partial charge is 0.479 e. The van der Waals surface area contributed by atoms with Gasteiger partial charge in [0.1, 0.15) is 67.0 Å². The predicted molar refractivity (Wildman–Crippen MR) is 125 cm³/mol. The summed E-state index contributed by atoms with van der Waals surface area (Å²) in [7, 11) is 0. The van der Waals surface area contributed by atoms with Crippen molar-refractivity contribution in [3.63, 3.8) is 0 Å². The second-order valence-corrected chi connectivity index (χ2v) is 9.84. The average Bonchev–Trinajstić information content (AvgIpc) is 2.90. The van der Waals surface area contributed by atoms with Crippen LogP contribution in [-0.4, -0.2) is 169 Å². The fraction of sp³-hybridized carbons (Fsp3) is 0.864. The van der Waals surface area contributed by atoms with Crippen molar-refractivity contribution < 1.29 is 84.0 Å². The van der Waals surface area contributed by atoms with Crippen molar-refractivity contribution in [1.29, 1.82) is 0 Å². The van der Waals surface area contributed by atoms with E-state index in [-0.39, 0.29) is 0 Å². The number of ether oxygens (including phenoxy) is 5. The molecule has 19 heteroatoms. The molecule has 3 heterocycles. The van der Waals surface area contributed by atoms with Gasteiger partial charge in [-0.25, -0.2) is 4.79 Å². The van der Waals surface area contributed by atoms with Gasteiger partial charge in [-0.2, -0.15) is 0 Å². The minimum atomic E-state index is -2.14. The van der Waals surface area contributed by atoms with Crippen molar-refractivity contribution in [2.75, 3.05) is 13.2 Å². The molecule has 0 saturated carbocycles.